The summed E-state index contributed by atoms with van der Waals surface area (Å²) < 4.78 is 5.39. The van der Waals surface area contributed by atoms with Crippen molar-refractivity contribution in [3.8, 4) is 5.75 Å². The number of ketones is 1. The summed E-state index contributed by atoms with van der Waals surface area (Å²) in [5.74, 6) is -0.858. The van der Waals surface area contributed by atoms with Gasteiger partial charge in [-0.1, -0.05) is 32.0 Å². The number of hydrogen-bond donors (Lipinski definition) is 1. The Hall–Kier alpha value is -3.15. The van der Waals surface area contributed by atoms with Gasteiger partial charge in [-0.25, -0.2) is 0 Å². The fraction of sp³-hybridized carbons (Fsp3) is 0.286. The fourth-order valence-corrected chi connectivity index (χ4v) is 3.27. The Morgan fingerprint density at radius 1 is 1.22 bits per heavy atom. The van der Waals surface area contributed by atoms with Crippen LogP contribution in [-0.4, -0.2) is 28.9 Å². The molecule has 140 valence electrons. The molecule has 0 radical (unpaired) electrons. The normalized spacial score (nSPS) is 17.0. The minimum atomic E-state index is -0.804. The third-order valence-electron chi connectivity index (χ3n) is 4.41. The molecule has 0 saturated heterocycles. The average molecular weight is 366 g/mol. The number of pyridine rings is 1. The molecule has 2 aromatic rings. The Kier molecular flexibility index (Phi) is 5.26. The quantitative estimate of drug-likeness (QED) is 0.845. The Balaban J connectivity index is 2.17. The van der Waals surface area contributed by atoms with Crippen molar-refractivity contribution in [2.45, 2.75) is 26.3 Å². The number of aliphatic hydroxyl groups excluding tert-OH is 1. The smallest absolute Gasteiger partial charge is 0.294 e. The number of methoxy groups -OCH3 is 1. The summed E-state index contributed by atoms with van der Waals surface area (Å²) >= 11 is 0. The van der Waals surface area contributed by atoms with Crippen LogP contribution in [0.15, 0.2) is 60.0 Å². The van der Waals surface area contributed by atoms with Gasteiger partial charge in [0.1, 0.15) is 11.8 Å². The largest absolute Gasteiger partial charge is 0.503 e. The third-order valence-corrected chi connectivity index (χ3v) is 4.41. The van der Waals surface area contributed by atoms with Crippen LogP contribution < -0.4 is 9.64 Å². The van der Waals surface area contributed by atoms with Crippen LogP contribution in [0.2, 0.25) is 0 Å². The van der Waals surface area contributed by atoms with Crippen molar-refractivity contribution in [3.05, 3.63) is 65.7 Å². The SMILES string of the molecule is COc1ccccc1N1C(=O)C(O)=C(C(=O)CC(C)C)C1c1ccccn1. The van der Waals surface area contributed by atoms with Crippen molar-refractivity contribution >= 4 is 17.4 Å². The van der Waals surface area contributed by atoms with Gasteiger partial charge >= 0.3 is 0 Å². The third kappa shape index (κ3) is 3.43. The lowest BCUT2D eigenvalue weighted by atomic mass is 9.94. The highest BCUT2D eigenvalue weighted by atomic mass is 16.5. The maximum absolute atomic E-state index is 12.9. The molecule has 1 atom stereocenters. The number of carbonyl (C=O) groups is 2. The zero-order chi connectivity index (χ0) is 19.6. The highest BCUT2D eigenvalue weighted by Crippen LogP contribution is 2.43. The molecule has 6 nitrogen and oxygen atoms in total. The lowest BCUT2D eigenvalue weighted by molar-refractivity contribution is -0.118. The summed E-state index contributed by atoms with van der Waals surface area (Å²) in [5.41, 5.74) is 1.06. The number of hydrogen-bond acceptors (Lipinski definition) is 5. The molecule has 1 unspecified atom stereocenters. The van der Waals surface area contributed by atoms with Gasteiger partial charge in [0.2, 0.25) is 0 Å². The molecule has 2 heterocycles. The van der Waals surface area contributed by atoms with Crippen molar-refractivity contribution in [2.75, 3.05) is 12.0 Å². The van der Waals surface area contributed by atoms with E-state index in [4.69, 9.17) is 4.74 Å². The number of benzene rings is 1. The number of aromatic nitrogens is 1. The van der Waals surface area contributed by atoms with Gasteiger partial charge in [0.25, 0.3) is 5.91 Å². The van der Waals surface area contributed by atoms with E-state index in [0.717, 1.165) is 0 Å². The minimum Gasteiger partial charge on any atom is -0.503 e. The minimum absolute atomic E-state index is 0.0818. The number of amides is 1. The molecule has 1 aliphatic rings. The van der Waals surface area contributed by atoms with E-state index < -0.39 is 17.7 Å². The van der Waals surface area contributed by atoms with Crippen LogP contribution in [0.5, 0.6) is 5.75 Å². The molecule has 0 fully saturated rings. The van der Waals surface area contributed by atoms with Crippen LogP contribution in [0, 0.1) is 5.92 Å². The lowest BCUT2D eigenvalue weighted by Gasteiger charge is -2.27. The summed E-state index contributed by atoms with van der Waals surface area (Å²) in [6, 6.07) is 11.5. The van der Waals surface area contributed by atoms with Crippen LogP contribution in [0.3, 0.4) is 0 Å². The van der Waals surface area contributed by atoms with Crippen LogP contribution in [0.25, 0.3) is 0 Å². The number of rotatable bonds is 6. The maximum Gasteiger partial charge on any atom is 0.294 e. The second-order valence-corrected chi connectivity index (χ2v) is 6.79. The molecule has 1 aromatic heterocycles. The predicted molar refractivity (Wildman–Crippen MR) is 102 cm³/mol. The van der Waals surface area contributed by atoms with Crippen molar-refractivity contribution in [2.24, 2.45) is 5.92 Å². The molecule has 0 saturated carbocycles. The molecule has 1 aliphatic heterocycles. The summed E-state index contributed by atoms with van der Waals surface area (Å²) in [6.07, 6.45) is 1.83. The van der Waals surface area contributed by atoms with Crippen molar-refractivity contribution in [1.82, 2.24) is 4.98 Å². The first-order valence-corrected chi connectivity index (χ1v) is 8.79. The summed E-state index contributed by atoms with van der Waals surface area (Å²) in [6.45, 7) is 3.83. The molecule has 6 heteroatoms. The first-order chi connectivity index (χ1) is 13.0. The Morgan fingerprint density at radius 2 is 1.93 bits per heavy atom. The van der Waals surface area contributed by atoms with E-state index in [2.05, 4.69) is 4.98 Å². The highest BCUT2D eigenvalue weighted by molar-refractivity contribution is 6.16. The van der Waals surface area contributed by atoms with E-state index in [1.165, 1.54) is 12.0 Å². The first kappa shape index (κ1) is 18.6. The van der Waals surface area contributed by atoms with Gasteiger partial charge in [0, 0.05) is 12.6 Å². The molecular weight excluding hydrogens is 344 g/mol. The van der Waals surface area contributed by atoms with Crippen LogP contribution >= 0.6 is 0 Å². The molecular formula is C21H22N2O4. The zero-order valence-electron chi connectivity index (χ0n) is 15.5. The standard InChI is InChI=1S/C21H22N2O4/c1-13(2)12-16(24)18-19(14-8-6-7-11-22-14)23(21(26)20(18)25)15-9-4-5-10-17(15)27-3/h4-11,13,19,25H,12H2,1-3H3. The Bertz CT molecular complexity index is 890. The first-order valence-electron chi connectivity index (χ1n) is 8.79. The van der Waals surface area contributed by atoms with Crippen LogP contribution in [0.4, 0.5) is 5.69 Å². The number of carbonyl (C=O) groups excluding carboxylic acids is 2. The molecule has 1 aromatic carbocycles. The molecule has 1 amide bonds. The van der Waals surface area contributed by atoms with Crippen molar-refractivity contribution in [1.29, 1.82) is 0 Å². The van der Waals surface area contributed by atoms with E-state index in [0.29, 0.717) is 17.1 Å². The van der Waals surface area contributed by atoms with Crippen LogP contribution in [0.1, 0.15) is 32.0 Å². The van der Waals surface area contributed by atoms with Crippen molar-refractivity contribution in [3.63, 3.8) is 0 Å². The number of anilines is 1. The van der Waals surface area contributed by atoms with Gasteiger partial charge in [0.15, 0.2) is 11.5 Å². The lowest BCUT2D eigenvalue weighted by Crippen LogP contribution is -2.32. The molecule has 0 aliphatic carbocycles. The topological polar surface area (TPSA) is 79.7 Å². The van der Waals surface area contributed by atoms with Gasteiger partial charge in [-0.05, 0) is 30.2 Å². The second kappa shape index (κ2) is 7.61. The fourth-order valence-electron chi connectivity index (χ4n) is 3.27. The number of Topliss-reactive ketones (excluding diaryl/α,β-unsaturated/α-hetero) is 1. The van der Waals surface area contributed by atoms with Crippen LogP contribution in [-0.2, 0) is 9.59 Å². The second-order valence-electron chi connectivity index (χ2n) is 6.79. The summed E-state index contributed by atoms with van der Waals surface area (Å²) in [5, 5.41) is 10.6. The Labute approximate surface area is 158 Å². The molecule has 0 spiro atoms. The maximum atomic E-state index is 12.9. The van der Waals surface area contributed by atoms with E-state index in [-0.39, 0.29) is 23.7 Å². The van der Waals surface area contributed by atoms with E-state index >= 15 is 0 Å². The number of aliphatic hydroxyl groups is 1. The van der Waals surface area contributed by atoms with E-state index in [1.54, 1.807) is 48.7 Å². The highest BCUT2D eigenvalue weighted by Gasteiger charge is 2.45. The predicted octanol–water partition coefficient (Wildman–Crippen LogP) is 3.61. The molecule has 1 N–H and O–H groups in total. The van der Waals surface area contributed by atoms with Gasteiger partial charge < -0.3 is 9.84 Å². The zero-order valence-corrected chi connectivity index (χ0v) is 15.5. The molecule has 3 rings (SSSR count). The van der Waals surface area contributed by atoms with Crippen molar-refractivity contribution < 1.29 is 19.4 Å². The van der Waals surface area contributed by atoms with Gasteiger partial charge in [-0.15, -0.1) is 0 Å². The molecule has 27 heavy (non-hydrogen) atoms. The summed E-state index contributed by atoms with van der Waals surface area (Å²) in [4.78, 5) is 31.5. The monoisotopic (exact) mass is 366 g/mol. The van der Waals surface area contributed by atoms with E-state index in [1.807, 2.05) is 13.8 Å². The Morgan fingerprint density at radius 3 is 2.56 bits per heavy atom. The number of nitrogens with zero attached hydrogens (tertiary/aromatic N) is 2. The van der Waals surface area contributed by atoms with Gasteiger partial charge in [-0.2, -0.15) is 0 Å². The van der Waals surface area contributed by atoms with Gasteiger partial charge in [-0.3, -0.25) is 19.5 Å². The number of para-hydroxylation sites is 2. The van der Waals surface area contributed by atoms with Gasteiger partial charge in [0.05, 0.1) is 24.1 Å². The average Bonchev–Trinajstić information content (AvgIpc) is 2.93. The molecule has 0 bridgehead atoms. The number of ether oxygens (including phenoxy) is 1. The summed E-state index contributed by atoms with van der Waals surface area (Å²) in [7, 11) is 1.51. The van der Waals surface area contributed by atoms with E-state index in [9.17, 15) is 14.7 Å².